The molecule has 2 aliphatic heterocycles. The maximum absolute atomic E-state index is 5.76. The second kappa shape index (κ2) is 5.75. The van der Waals surface area contributed by atoms with Crippen molar-refractivity contribution in [3.63, 3.8) is 0 Å². The van der Waals surface area contributed by atoms with Gasteiger partial charge in [-0.15, -0.1) is 5.10 Å². The number of likely N-dealkylation sites (tertiary alicyclic amines) is 1. The summed E-state index contributed by atoms with van der Waals surface area (Å²) >= 11 is 0. The summed E-state index contributed by atoms with van der Waals surface area (Å²) in [6, 6.07) is 9.97. The Morgan fingerprint density at radius 3 is 2.50 bits per heavy atom. The van der Waals surface area contributed by atoms with E-state index >= 15 is 0 Å². The fourth-order valence-electron chi connectivity index (χ4n) is 3.11. The highest BCUT2D eigenvalue weighted by Crippen LogP contribution is 2.31. The van der Waals surface area contributed by atoms with Gasteiger partial charge in [-0.3, -0.25) is 4.90 Å². The van der Waals surface area contributed by atoms with Gasteiger partial charge in [0.15, 0.2) is 11.6 Å². The Bertz CT molecular complexity index is 614. The van der Waals surface area contributed by atoms with Gasteiger partial charge in [-0.1, -0.05) is 18.2 Å². The molecule has 0 atom stereocenters. The zero-order chi connectivity index (χ0) is 14.8. The van der Waals surface area contributed by atoms with E-state index < -0.39 is 0 Å². The van der Waals surface area contributed by atoms with Crippen LogP contribution in [0.3, 0.4) is 0 Å². The van der Waals surface area contributed by atoms with Crippen LogP contribution in [0.2, 0.25) is 0 Å². The van der Waals surface area contributed by atoms with E-state index in [0.717, 1.165) is 44.0 Å². The molecule has 7 heteroatoms. The molecule has 3 heterocycles. The van der Waals surface area contributed by atoms with Gasteiger partial charge in [-0.25, -0.2) is 0 Å². The largest absolute Gasteiger partial charge is 0.347 e. The number of para-hydroxylation sites is 1. The monoisotopic (exact) mass is 301 g/mol. The van der Waals surface area contributed by atoms with Crippen molar-refractivity contribution < 1.29 is 9.47 Å². The first kappa shape index (κ1) is 13.8. The minimum atomic E-state index is -0.331. The standard InChI is InChI=1S/C15H19N5O2/c1-2-4-13(5-3-1)20-14(16-17-18-20)12-19-8-6-15(7-9-19)21-10-11-22-15/h1-5H,6-12H2. The van der Waals surface area contributed by atoms with Crippen LogP contribution in [-0.2, 0) is 16.0 Å². The summed E-state index contributed by atoms with van der Waals surface area (Å²) < 4.78 is 13.3. The van der Waals surface area contributed by atoms with Gasteiger partial charge in [0, 0.05) is 25.9 Å². The van der Waals surface area contributed by atoms with Gasteiger partial charge in [0.05, 0.1) is 25.4 Å². The highest BCUT2D eigenvalue weighted by Gasteiger charge is 2.39. The van der Waals surface area contributed by atoms with Gasteiger partial charge >= 0.3 is 0 Å². The fourth-order valence-corrected chi connectivity index (χ4v) is 3.11. The molecular weight excluding hydrogens is 282 g/mol. The fraction of sp³-hybridized carbons (Fsp3) is 0.533. The van der Waals surface area contributed by atoms with E-state index in [2.05, 4.69) is 20.4 Å². The third kappa shape index (κ3) is 2.63. The molecule has 116 valence electrons. The predicted molar refractivity (Wildman–Crippen MR) is 78.3 cm³/mol. The van der Waals surface area contributed by atoms with Crippen molar-refractivity contribution in [2.45, 2.75) is 25.2 Å². The molecule has 1 aromatic heterocycles. The van der Waals surface area contributed by atoms with E-state index in [1.165, 1.54) is 0 Å². The topological polar surface area (TPSA) is 65.3 Å². The summed E-state index contributed by atoms with van der Waals surface area (Å²) in [5.41, 5.74) is 0.985. The van der Waals surface area contributed by atoms with E-state index in [9.17, 15) is 0 Å². The number of rotatable bonds is 3. The summed E-state index contributed by atoms with van der Waals surface area (Å²) in [6.07, 6.45) is 1.81. The summed E-state index contributed by atoms with van der Waals surface area (Å²) in [7, 11) is 0. The molecule has 0 amide bonds. The smallest absolute Gasteiger partial charge is 0.170 e. The normalized spacial score (nSPS) is 21.5. The second-order valence-electron chi connectivity index (χ2n) is 5.73. The molecule has 1 spiro atoms. The highest BCUT2D eigenvalue weighted by atomic mass is 16.7. The van der Waals surface area contributed by atoms with Crippen molar-refractivity contribution in [1.82, 2.24) is 25.1 Å². The lowest BCUT2D eigenvalue weighted by Gasteiger charge is -2.37. The zero-order valence-corrected chi connectivity index (χ0v) is 12.4. The highest BCUT2D eigenvalue weighted by molar-refractivity contribution is 5.30. The molecule has 0 N–H and O–H groups in total. The molecule has 2 aliphatic rings. The van der Waals surface area contributed by atoms with Gasteiger partial charge < -0.3 is 9.47 Å². The first-order valence-corrected chi connectivity index (χ1v) is 7.68. The Labute approximate surface area is 128 Å². The molecule has 22 heavy (non-hydrogen) atoms. The maximum Gasteiger partial charge on any atom is 0.170 e. The predicted octanol–water partition coefficient (Wildman–Crippen LogP) is 1.00. The van der Waals surface area contributed by atoms with Crippen LogP contribution < -0.4 is 0 Å². The first-order chi connectivity index (χ1) is 10.8. The van der Waals surface area contributed by atoms with Crippen LogP contribution in [0.1, 0.15) is 18.7 Å². The van der Waals surface area contributed by atoms with E-state index in [1.54, 1.807) is 4.68 Å². The van der Waals surface area contributed by atoms with Gasteiger partial charge in [0.1, 0.15) is 0 Å². The van der Waals surface area contributed by atoms with Crippen LogP contribution in [0.15, 0.2) is 30.3 Å². The molecule has 0 aliphatic carbocycles. The van der Waals surface area contributed by atoms with Crippen molar-refractivity contribution in [2.75, 3.05) is 26.3 Å². The lowest BCUT2D eigenvalue weighted by Crippen LogP contribution is -2.45. The number of ether oxygens (including phenoxy) is 2. The number of benzene rings is 1. The second-order valence-corrected chi connectivity index (χ2v) is 5.73. The van der Waals surface area contributed by atoms with Crippen molar-refractivity contribution in [1.29, 1.82) is 0 Å². The minimum absolute atomic E-state index is 0.331. The third-order valence-corrected chi connectivity index (χ3v) is 4.33. The molecule has 2 saturated heterocycles. The summed E-state index contributed by atoms with van der Waals surface area (Å²) in [5.74, 6) is 0.525. The average Bonchev–Trinajstić information content (AvgIpc) is 3.21. The molecule has 7 nitrogen and oxygen atoms in total. The van der Waals surface area contributed by atoms with Crippen LogP contribution in [0, 0.1) is 0 Å². The molecular formula is C15H19N5O2. The lowest BCUT2D eigenvalue weighted by atomic mass is 10.0. The number of tetrazole rings is 1. The molecule has 0 unspecified atom stereocenters. The number of piperidine rings is 1. The van der Waals surface area contributed by atoms with Crippen LogP contribution in [0.4, 0.5) is 0 Å². The Kier molecular flexibility index (Phi) is 3.61. The Balaban J connectivity index is 1.44. The zero-order valence-electron chi connectivity index (χ0n) is 12.4. The van der Waals surface area contributed by atoms with Gasteiger partial charge in [-0.05, 0) is 22.6 Å². The molecule has 0 bridgehead atoms. The maximum atomic E-state index is 5.76. The minimum Gasteiger partial charge on any atom is -0.347 e. The molecule has 2 aromatic rings. The molecule has 2 fully saturated rings. The van der Waals surface area contributed by atoms with Gasteiger partial charge in [-0.2, -0.15) is 4.68 Å². The van der Waals surface area contributed by atoms with Crippen LogP contribution >= 0.6 is 0 Å². The van der Waals surface area contributed by atoms with Crippen LogP contribution in [0.25, 0.3) is 5.69 Å². The van der Waals surface area contributed by atoms with E-state index in [4.69, 9.17) is 9.47 Å². The van der Waals surface area contributed by atoms with E-state index in [-0.39, 0.29) is 5.79 Å². The lowest BCUT2D eigenvalue weighted by molar-refractivity contribution is -0.186. The number of hydrogen-bond donors (Lipinski definition) is 0. The van der Waals surface area contributed by atoms with Crippen LogP contribution in [-0.4, -0.2) is 57.2 Å². The Morgan fingerprint density at radius 1 is 1.05 bits per heavy atom. The van der Waals surface area contributed by atoms with Crippen molar-refractivity contribution in [3.05, 3.63) is 36.2 Å². The van der Waals surface area contributed by atoms with E-state index in [0.29, 0.717) is 13.2 Å². The molecule has 1 aromatic carbocycles. The van der Waals surface area contributed by atoms with Crippen molar-refractivity contribution in [2.24, 2.45) is 0 Å². The van der Waals surface area contributed by atoms with E-state index in [1.807, 2.05) is 30.3 Å². The number of nitrogens with zero attached hydrogens (tertiary/aromatic N) is 5. The summed E-state index contributed by atoms with van der Waals surface area (Å²) in [6.45, 7) is 4.03. The van der Waals surface area contributed by atoms with Crippen LogP contribution in [0.5, 0.6) is 0 Å². The Morgan fingerprint density at radius 2 is 1.77 bits per heavy atom. The third-order valence-electron chi connectivity index (χ3n) is 4.33. The van der Waals surface area contributed by atoms with Gasteiger partial charge in [0.2, 0.25) is 0 Å². The van der Waals surface area contributed by atoms with Gasteiger partial charge in [0.25, 0.3) is 0 Å². The number of hydrogen-bond acceptors (Lipinski definition) is 6. The molecule has 4 rings (SSSR count). The number of aromatic nitrogens is 4. The van der Waals surface area contributed by atoms with Crippen molar-refractivity contribution in [3.8, 4) is 5.69 Å². The van der Waals surface area contributed by atoms with Crippen molar-refractivity contribution >= 4 is 0 Å². The quantitative estimate of drug-likeness (QED) is 0.843. The SMILES string of the molecule is c1ccc(-n2nnnc2CN2CCC3(CC2)OCCO3)cc1. The molecule has 0 radical (unpaired) electrons. The summed E-state index contributed by atoms with van der Waals surface area (Å²) in [5, 5.41) is 12.1. The molecule has 0 saturated carbocycles. The summed E-state index contributed by atoms with van der Waals surface area (Å²) in [4.78, 5) is 2.35. The first-order valence-electron chi connectivity index (χ1n) is 7.68. The Hall–Kier alpha value is -1.83. The average molecular weight is 301 g/mol.